The van der Waals surface area contributed by atoms with Crippen LogP contribution in [0.15, 0.2) is 17.2 Å². The van der Waals surface area contributed by atoms with Gasteiger partial charge in [0, 0.05) is 31.3 Å². The van der Waals surface area contributed by atoms with Crippen molar-refractivity contribution in [1.29, 1.82) is 0 Å². The Labute approximate surface area is 219 Å². The third-order valence-corrected chi connectivity index (χ3v) is 7.58. The van der Waals surface area contributed by atoms with Gasteiger partial charge in [-0.25, -0.2) is 4.79 Å². The normalized spacial score (nSPS) is 18.4. The molecule has 3 N–H and O–H groups in total. The minimum Gasteiger partial charge on any atom is -0.481 e. The van der Waals surface area contributed by atoms with E-state index < -0.39 is 21.6 Å². The fraction of sp³-hybridized carbons (Fsp3) is 0.652. The van der Waals surface area contributed by atoms with E-state index in [1.807, 2.05) is 0 Å². The Balaban J connectivity index is 1.66. The van der Waals surface area contributed by atoms with E-state index in [-0.39, 0.29) is 34.6 Å². The minimum absolute atomic E-state index is 0.0594. The van der Waals surface area contributed by atoms with Crippen molar-refractivity contribution in [2.24, 2.45) is 0 Å². The maximum atomic E-state index is 13.5. The zero-order valence-corrected chi connectivity index (χ0v) is 22.1. The fourth-order valence-corrected chi connectivity index (χ4v) is 5.23. The van der Waals surface area contributed by atoms with Crippen LogP contribution in [0.25, 0.3) is 0 Å². The van der Waals surface area contributed by atoms with Gasteiger partial charge in [0.05, 0.1) is 23.9 Å². The molecule has 0 spiro atoms. The molecule has 1 atom stereocenters. The van der Waals surface area contributed by atoms with E-state index in [1.54, 1.807) is 18.7 Å². The lowest BCUT2D eigenvalue weighted by Gasteiger charge is -2.39. The van der Waals surface area contributed by atoms with Crippen LogP contribution in [0.2, 0.25) is 0 Å². The average molecular weight is 539 g/mol. The highest BCUT2D eigenvalue weighted by Crippen LogP contribution is 2.33. The second-order valence-electron chi connectivity index (χ2n) is 8.95. The lowest BCUT2D eigenvalue weighted by molar-refractivity contribution is -0.388. The molecule has 37 heavy (non-hydrogen) atoms. The van der Waals surface area contributed by atoms with Crippen LogP contribution in [0, 0.1) is 10.1 Å². The number of likely N-dealkylation sites (tertiary alicyclic amines) is 1. The number of aromatic nitrogens is 1. The van der Waals surface area contributed by atoms with Crippen LogP contribution in [-0.2, 0) is 14.3 Å². The monoisotopic (exact) mass is 538 g/mol. The number of carbonyl (C=O) groups is 3. The number of carbonyl (C=O) groups excluding carboxylic acids is 3. The molecule has 2 aliphatic rings. The summed E-state index contributed by atoms with van der Waals surface area (Å²) in [5, 5.41) is 19.9. The van der Waals surface area contributed by atoms with E-state index in [2.05, 4.69) is 20.9 Å². The maximum absolute atomic E-state index is 13.5. The first-order valence-corrected chi connectivity index (χ1v) is 13.2. The first-order valence-electron chi connectivity index (χ1n) is 12.3. The van der Waals surface area contributed by atoms with Gasteiger partial charge in [-0.05, 0) is 52.6 Å². The number of amides is 3. The molecule has 1 aromatic heterocycles. The average Bonchev–Trinajstić information content (AvgIpc) is 2.89. The highest BCUT2D eigenvalue weighted by Gasteiger charge is 2.43. The molecule has 2 aliphatic heterocycles. The number of nitro groups is 1. The van der Waals surface area contributed by atoms with Crippen molar-refractivity contribution in [2.75, 3.05) is 39.9 Å². The van der Waals surface area contributed by atoms with Gasteiger partial charge in [0.1, 0.15) is 5.54 Å². The van der Waals surface area contributed by atoms with Gasteiger partial charge in [0.25, 0.3) is 0 Å². The van der Waals surface area contributed by atoms with Crippen LogP contribution >= 0.6 is 11.8 Å². The quantitative estimate of drug-likeness (QED) is 0.238. The van der Waals surface area contributed by atoms with Gasteiger partial charge < -0.3 is 30.3 Å². The van der Waals surface area contributed by atoms with E-state index in [0.29, 0.717) is 58.5 Å². The highest BCUT2D eigenvalue weighted by molar-refractivity contribution is 8.00. The molecule has 0 aliphatic carbocycles. The molecule has 13 nitrogen and oxygen atoms in total. The van der Waals surface area contributed by atoms with E-state index in [9.17, 15) is 24.5 Å². The van der Waals surface area contributed by atoms with Crippen molar-refractivity contribution in [3.05, 3.63) is 22.2 Å². The molecule has 3 heterocycles. The van der Waals surface area contributed by atoms with Crippen molar-refractivity contribution >= 4 is 35.4 Å². The number of thioether (sulfide) groups is 1. The Morgan fingerprint density at radius 3 is 2.57 bits per heavy atom. The molecule has 204 valence electrons. The molecule has 2 fully saturated rings. The summed E-state index contributed by atoms with van der Waals surface area (Å²) in [6, 6.07) is 2.55. The van der Waals surface area contributed by atoms with E-state index in [0.717, 1.165) is 11.8 Å². The molecule has 3 amide bonds. The molecule has 0 aromatic carbocycles. The summed E-state index contributed by atoms with van der Waals surface area (Å²) >= 11 is 0.936. The van der Waals surface area contributed by atoms with Crippen LogP contribution in [0.5, 0.6) is 5.88 Å². The topological polar surface area (TPSA) is 165 Å². The van der Waals surface area contributed by atoms with Gasteiger partial charge in [-0.2, -0.15) is 4.98 Å². The Bertz CT molecular complexity index is 996. The summed E-state index contributed by atoms with van der Waals surface area (Å²) in [7, 11) is 1.40. The number of methoxy groups -OCH3 is 1. The number of ether oxygens (including phenoxy) is 2. The Morgan fingerprint density at radius 2 is 1.97 bits per heavy atom. The van der Waals surface area contributed by atoms with Crippen molar-refractivity contribution in [3.8, 4) is 5.88 Å². The lowest BCUT2D eigenvalue weighted by atomic mass is 9.86. The van der Waals surface area contributed by atoms with Crippen molar-refractivity contribution in [3.63, 3.8) is 0 Å². The molecule has 1 aromatic rings. The molecular weight excluding hydrogens is 504 g/mol. The van der Waals surface area contributed by atoms with Crippen LogP contribution in [0.1, 0.15) is 39.5 Å². The Hall–Kier alpha value is -3.13. The number of nitrogens with zero attached hydrogens (tertiary/aromatic N) is 3. The van der Waals surface area contributed by atoms with Crippen molar-refractivity contribution in [1.82, 2.24) is 25.8 Å². The van der Waals surface area contributed by atoms with Crippen molar-refractivity contribution in [2.45, 2.75) is 61.4 Å². The largest absolute Gasteiger partial charge is 0.481 e. The highest BCUT2D eigenvalue weighted by atomic mass is 32.2. The molecule has 1 unspecified atom stereocenters. The predicted octanol–water partition coefficient (Wildman–Crippen LogP) is 1.45. The molecular formula is C23H34N6O7S. The van der Waals surface area contributed by atoms with Gasteiger partial charge in [-0.15, -0.1) is 0 Å². The molecule has 0 bridgehead atoms. The number of piperidine rings is 2. The smallest absolute Gasteiger partial charge is 0.409 e. The number of hydrogen-bond donors (Lipinski definition) is 3. The van der Waals surface area contributed by atoms with Gasteiger partial charge in [-0.1, -0.05) is 11.8 Å². The van der Waals surface area contributed by atoms with Gasteiger partial charge in [-0.3, -0.25) is 19.7 Å². The maximum Gasteiger partial charge on any atom is 0.409 e. The molecule has 14 heteroatoms. The van der Waals surface area contributed by atoms with Crippen LogP contribution in [0.4, 0.5) is 10.5 Å². The SMILES string of the molecule is CCOC(=O)N1CCC(NC(=O)C2(NC(=O)C(C)Sc3nc(OC)ccc3[N+](=O)[O-])CCNCC2)CC1. The number of hydrogen-bond acceptors (Lipinski definition) is 10. The van der Waals surface area contributed by atoms with Crippen molar-refractivity contribution < 1.29 is 28.8 Å². The zero-order chi connectivity index (χ0) is 27.0. The summed E-state index contributed by atoms with van der Waals surface area (Å²) < 4.78 is 10.1. The second-order valence-corrected chi connectivity index (χ2v) is 10.3. The lowest BCUT2D eigenvalue weighted by Crippen LogP contribution is -2.65. The molecule has 2 saturated heterocycles. The second kappa shape index (κ2) is 12.9. The number of pyridine rings is 1. The van der Waals surface area contributed by atoms with Gasteiger partial charge in [0.2, 0.25) is 17.7 Å². The van der Waals surface area contributed by atoms with Gasteiger partial charge in [0.15, 0.2) is 5.03 Å². The fourth-order valence-electron chi connectivity index (χ4n) is 4.32. The molecule has 3 rings (SSSR count). The summed E-state index contributed by atoms with van der Waals surface area (Å²) in [6.07, 6.45) is 1.63. The first kappa shape index (κ1) is 28.4. The summed E-state index contributed by atoms with van der Waals surface area (Å²) in [5.74, 6) is -0.485. The summed E-state index contributed by atoms with van der Waals surface area (Å²) in [6.45, 7) is 5.74. The van der Waals surface area contributed by atoms with E-state index in [4.69, 9.17) is 9.47 Å². The van der Waals surface area contributed by atoms with E-state index >= 15 is 0 Å². The molecule has 0 saturated carbocycles. The summed E-state index contributed by atoms with van der Waals surface area (Å²) in [5.41, 5.74) is -1.34. The minimum atomic E-state index is -1.11. The zero-order valence-electron chi connectivity index (χ0n) is 21.3. The van der Waals surface area contributed by atoms with E-state index in [1.165, 1.54) is 19.2 Å². The van der Waals surface area contributed by atoms with Crippen LogP contribution < -0.4 is 20.7 Å². The third kappa shape index (κ3) is 7.22. The first-order chi connectivity index (χ1) is 17.7. The third-order valence-electron chi connectivity index (χ3n) is 6.49. The van der Waals surface area contributed by atoms with Gasteiger partial charge >= 0.3 is 11.8 Å². The van der Waals surface area contributed by atoms with Crippen LogP contribution in [-0.4, -0.2) is 89.4 Å². The Morgan fingerprint density at radius 1 is 1.30 bits per heavy atom. The summed E-state index contributed by atoms with van der Waals surface area (Å²) in [4.78, 5) is 55.3. The van der Waals surface area contributed by atoms with Crippen LogP contribution in [0.3, 0.4) is 0 Å². The standard InChI is InChI=1S/C23H34N6O7S/c1-4-36-22(32)28-13-7-16(8-14-28)25-21(31)23(9-11-24-12-10-23)27-19(30)15(2)37-20-17(29(33)34)5-6-18(26-20)35-3/h5-6,15-16,24H,4,7-14H2,1-3H3,(H,25,31)(H,27,30). The Kier molecular flexibility index (Phi) is 9.92. The predicted molar refractivity (Wildman–Crippen MR) is 135 cm³/mol. The molecule has 0 radical (unpaired) electrons. The number of rotatable bonds is 9. The number of nitrogens with one attached hydrogen (secondary N) is 3.